The maximum Gasteiger partial charge on any atom is 0.167 e. The van der Waals surface area contributed by atoms with Crippen LogP contribution in [0.4, 0.5) is 17.6 Å². The van der Waals surface area contributed by atoms with Crippen LogP contribution >= 0.6 is 0 Å². The molecule has 1 aliphatic heterocycles. The van der Waals surface area contributed by atoms with Crippen LogP contribution in [-0.4, -0.2) is 6.61 Å². The normalized spacial score (nSPS) is 17.6. The van der Waals surface area contributed by atoms with Crippen LogP contribution in [0.3, 0.4) is 0 Å². The Kier molecular flexibility index (Phi) is 11.0. The molecule has 1 fully saturated rings. The van der Waals surface area contributed by atoms with Crippen LogP contribution in [0, 0.1) is 29.2 Å². The first-order chi connectivity index (χ1) is 19.4. The molecule has 3 aromatic rings. The molecule has 0 aromatic heterocycles. The number of halogens is 4. The van der Waals surface area contributed by atoms with Crippen LogP contribution in [0.25, 0.3) is 22.3 Å². The molecule has 0 N–H and O–H groups in total. The van der Waals surface area contributed by atoms with Crippen molar-refractivity contribution in [3.63, 3.8) is 0 Å². The number of allylic oxidation sites excluding steroid dienone is 1. The van der Waals surface area contributed by atoms with Crippen LogP contribution in [-0.2, 0) is 11.2 Å². The van der Waals surface area contributed by atoms with Crippen molar-refractivity contribution in [1.82, 2.24) is 0 Å². The maximum atomic E-state index is 15.1. The van der Waals surface area contributed by atoms with Gasteiger partial charge in [-0.05, 0) is 49.3 Å². The zero-order valence-electron chi connectivity index (χ0n) is 23.6. The highest BCUT2D eigenvalue weighted by atomic mass is 19.2. The topological polar surface area (TPSA) is 9.23 Å². The first kappa shape index (κ1) is 30.0. The summed E-state index contributed by atoms with van der Waals surface area (Å²) in [6, 6.07) is 12.8. The van der Waals surface area contributed by atoms with E-state index < -0.39 is 29.4 Å². The third-order valence-electron chi connectivity index (χ3n) is 7.95. The lowest BCUT2D eigenvalue weighted by molar-refractivity contribution is -0.00743. The Labute approximate surface area is 236 Å². The summed E-state index contributed by atoms with van der Waals surface area (Å²) in [6.07, 6.45) is 13.4. The Morgan fingerprint density at radius 3 is 1.90 bits per heavy atom. The van der Waals surface area contributed by atoms with Gasteiger partial charge in [-0.3, -0.25) is 0 Å². The van der Waals surface area contributed by atoms with Crippen LogP contribution in [0.5, 0.6) is 0 Å². The number of ether oxygens (including phenoxy) is 1. The summed E-state index contributed by atoms with van der Waals surface area (Å²) in [6.45, 7) is 4.62. The molecule has 0 spiro atoms. The van der Waals surface area contributed by atoms with Crippen molar-refractivity contribution in [1.29, 1.82) is 0 Å². The molecule has 1 saturated heterocycles. The number of aryl methyl sites for hydroxylation is 1. The van der Waals surface area contributed by atoms with Gasteiger partial charge in [0.15, 0.2) is 23.3 Å². The van der Waals surface area contributed by atoms with E-state index in [4.69, 9.17) is 4.74 Å². The lowest BCUT2D eigenvalue weighted by Gasteiger charge is -2.28. The molecule has 1 nitrogen and oxygen atoms in total. The number of hydrogen-bond acceptors (Lipinski definition) is 1. The van der Waals surface area contributed by atoms with Crippen LogP contribution in [0.15, 0.2) is 60.7 Å². The van der Waals surface area contributed by atoms with Crippen molar-refractivity contribution in [2.75, 3.05) is 6.61 Å². The summed E-state index contributed by atoms with van der Waals surface area (Å²) in [7, 11) is 0. The molecule has 40 heavy (non-hydrogen) atoms. The zero-order valence-corrected chi connectivity index (χ0v) is 23.6. The second-order valence-electron chi connectivity index (χ2n) is 10.9. The monoisotopic (exact) mass is 552 g/mol. The lowest BCUT2D eigenvalue weighted by atomic mass is 9.92. The Morgan fingerprint density at radius 2 is 1.30 bits per heavy atom. The molecule has 3 aromatic carbocycles. The number of hydrogen-bond donors (Lipinski definition) is 0. The number of unbranched alkanes of at least 4 members (excludes halogenated alkanes) is 6. The van der Waals surface area contributed by atoms with Crippen molar-refractivity contribution in [2.45, 2.75) is 84.2 Å². The summed E-state index contributed by atoms with van der Waals surface area (Å²) in [5.41, 5.74) is 1.83. The first-order valence-corrected chi connectivity index (χ1v) is 14.7. The fourth-order valence-electron chi connectivity index (χ4n) is 5.58. The number of benzene rings is 3. The van der Waals surface area contributed by atoms with Gasteiger partial charge in [-0.2, -0.15) is 0 Å². The molecule has 0 bridgehead atoms. The molecule has 2 atom stereocenters. The smallest absolute Gasteiger partial charge is 0.167 e. The molecule has 0 radical (unpaired) electrons. The molecule has 2 unspecified atom stereocenters. The Bertz CT molecular complexity index is 1270. The minimum atomic E-state index is -0.934. The third kappa shape index (κ3) is 7.23. The van der Waals surface area contributed by atoms with Gasteiger partial charge in [-0.25, -0.2) is 17.6 Å². The summed E-state index contributed by atoms with van der Waals surface area (Å²) >= 11 is 0. The van der Waals surface area contributed by atoms with Crippen molar-refractivity contribution in [2.24, 2.45) is 5.92 Å². The van der Waals surface area contributed by atoms with Gasteiger partial charge in [0.05, 0.1) is 12.7 Å². The fourth-order valence-corrected chi connectivity index (χ4v) is 5.58. The van der Waals surface area contributed by atoms with Gasteiger partial charge >= 0.3 is 0 Å². The lowest BCUT2D eigenvalue weighted by Crippen LogP contribution is -2.20. The third-order valence-corrected chi connectivity index (χ3v) is 7.95. The van der Waals surface area contributed by atoms with E-state index >= 15 is 8.78 Å². The second kappa shape index (κ2) is 14.6. The zero-order chi connectivity index (χ0) is 28.5. The maximum absolute atomic E-state index is 15.1. The molecule has 0 aliphatic carbocycles. The standard InChI is InChI=1S/C35H40F4O/c1-3-5-6-7-8-9-10-12-27-18-19-28(33(37)32(27)36)25-14-16-26(17-15-25)29-20-21-30(35(39)34(29)38)31-22-13-24(11-4-2)23-40-31/h4,11,14-21,24,31H,3,5-10,12-13,22-23H2,1-2H3/b11-4+. The Morgan fingerprint density at radius 1 is 0.700 bits per heavy atom. The van der Waals surface area contributed by atoms with E-state index in [0.29, 0.717) is 42.1 Å². The van der Waals surface area contributed by atoms with E-state index in [0.717, 1.165) is 25.7 Å². The summed E-state index contributed by atoms with van der Waals surface area (Å²) in [5, 5.41) is 0. The average molecular weight is 553 g/mol. The quantitative estimate of drug-likeness (QED) is 0.123. The van der Waals surface area contributed by atoms with Gasteiger partial charge in [0.1, 0.15) is 0 Å². The Hall–Kier alpha value is -2.92. The van der Waals surface area contributed by atoms with Crippen molar-refractivity contribution >= 4 is 0 Å². The van der Waals surface area contributed by atoms with Crippen molar-refractivity contribution < 1.29 is 22.3 Å². The van der Waals surface area contributed by atoms with Gasteiger partial charge in [0, 0.05) is 22.6 Å². The van der Waals surface area contributed by atoms with Crippen LogP contribution < -0.4 is 0 Å². The minimum absolute atomic E-state index is 0.118. The highest BCUT2D eigenvalue weighted by Crippen LogP contribution is 2.36. The van der Waals surface area contributed by atoms with Crippen LogP contribution in [0.2, 0.25) is 0 Å². The SMILES string of the molecule is C/C=C/C1CCC(c2ccc(-c3ccc(-c4ccc(CCCCCCCCC)c(F)c4F)cc3)c(F)c2F)OC1. The van der Waals surface area contributed by atoms with E-state index in [1.807, 2.05) is 13.0 Å². The van der Waals surface area contributed by atoms with Crippen molar-refractivity contribution in [3.05, 3.63) is 95.1 Å². The van der Waals surface area contributed by atoms with E-state index in [1.54, 1.807) is 48.5 Å². The molecule has 214 valence electrons. The first-order valence-electron chi connectivity index (χ1n) is 14.7. The van der Waals surface area contributed by atoms with Gasteiger partial charge in [0.2, 0.25) is 0 Å². The predicted octanol–water partition coefficient (Wildman–Crippen LogP) is 10.9. The molecule has 1 heterocycles. The number of rotatable bonds is 12. The van der Waals surface area contributed by atoms with Crippen molar-refractivity contribution in [3.8, 4) is 22.3 Å². The molecule has 4 rings (SSSR count). The molecule has 5 heteroatoms. The molecule has 0 amide bonds. The largest absolute Gasteiger partial charge is 0.373 e. The highest BCUT2D eigenvalue weighted by Gasteiger charge is 2.26. The molecule has 0 saturated carbocycles. The predicted molar refractivity (Wildman–Crippen MR) is 155 cm³/mol. The minimum Gasteiger partial charge on any atom is -0.373 e. The molecule has 1 aliphatic rings. The van der Waals surface area contributed by atoms with Gasteiger partial charge in [-0.15, -0.1) is 0 Å². The molecular formula is C35H40F4O. The second-order valence-corrected chi connectivity index (χ2v) is 10.9. The molecular weight excluding hydrogens is 512 g/mol. The van der Waals surface area contributed by atoms with E-state index in [1.165, 1.54) is 25.7 Å². The van der Waals surface area contributed by atoms with E-state index in [9.17, 15) is 8.78 Å². The van der Waals surface area contributed by atoms with Gasteiger partial charge in [0.25, 0.3) is 0 Å². The van der Waals surface area contributed by atoms with Gasteiger partial charge in [-0.1, -0.05) is 106 Å². The summed E-state index contributed by atoms with van der Waals surface area (Å²) in [4.78, 5) is 0. The van der Waals surface area contributed by atoms with E-state index in [-0.39, 0.29) is 16.7 Å². The summed E-state index contributed by atoms with van der Waals surface area (Å²) < 4.78 is 65.9. The van der Waals surface area contributed by atoms with E-state index in [2.05, 4.69) is 13.0 Å². The summed E-state index contributed by atoms with van der Waals surface area (Å²) in [5.74, 6) is -3.22. The average Bonchev–Trinajstić information content (AvgIpc) is 2.97. The fraction of sp³-hybridized carbons (Fsp3) is 0.429. The van der Waals surface area contributed by atoms with Gasteiger partial charge < -0.3 is 4.74 Å². The highest BCUT2D eigenvalue weighted by molar-refractivity contribution is 5.71. The Balaban J connectivity index is 1.42. The van der Waals surface area contributed by atoms with Crippen LogP contribution in [0.1, 0.15) is 88.9 Å².